The summed E-state index contributed by atoms with van der Waals surface area (Å²) in [5.74, 6) is -8.81. The SMILES string of the molecule is COCC1/C=C/O[C@@]2(C)Oc3c(C)c(O)c4c(O)c(c5c(c4c3C2=O)NC2(CCN(CC(C)C)CC2)N=5)=NC(=O)/C(C)=C\C=C\[C@H](C)[C@H](O)[C@@H](C)[C@@H](O)[C@@H](C)[C@H](OC(=O)CC(=O)N2CCC3(CC2)C(=O)NCN3c2ccccc2)[C@@H]1C. The van der Waals surface area contributed by atoms with E-state index in [0.29, 0.717) is 57.0 Å². The molecule has 0 saturated carbocycles. The number of carbonyl (C=O) groups is 5. The molecule has 10 rings (SSSR count). The predicted molar refractivity (Wildman–Crippen MR) is 302 cm³/mol. The van der Waals surface area contributed by atoms with Gasteiger partial charge in [0.1, 0.15) is 45.9 Å². The summed E-state index contributed by atoms with van der Waals surface area (Å²) in [6, 6.07) is 9.61. The number of aromatic hydroxyl groups is 2. The number of allylic oxidation sites excluding steroid dienone is 2. The molecule has 3 amide bonds. The molecule has 7 aliphatic heterocycles. The van der Waals surface area contributed by atoms with Gasteiger partial charge in [-0.25, -0.2) is 4.99 Å². The lowest BCUT2D eigenvalue weighted by atomic mass is 9.76. The molecule has 1 unspecified atom stereocenters. The Morgan fingerprint density at radius 3 is 2.23 bits per heavy atom. The summed E-state index contributed by atoms with van der Waals surface area (Å²) >= 11 is 0. The number of aliphatic hydroxyl groups excluding tert-OH is 2. The van der Waals surface area contributed by atoms with E-state index in [4.69, 9.17) is 23.9 Å². The number of hydrogen-bond acceptors (Lipinski definition) is 17. The van der Waals surface area contributed by atoms with Crippen LogP contribution in [0, 0.1) is 42.4 Å². The molecule has 436 valence electrons. The third-order valence-corrected chi connectivity index (χ3v) is 17.8. The third-order valence-electron chi connectivity index (χ3n) is 17.8. The first-order valence-corrected chi connectivity index (χ1v) is 28.4. The highest BCUT2D eigenvalue weighted by Crippen LogP contribution is 2.51. The fourth-order valence-corrected chi connectivity index (χ4v) is 12.8. The lowest BCUT2D eigenvalue weighted by Gasteiger charge is -2.43. The Hall–Kier alpha value is -6.87. The van der Waals surface area contributed by atoms with Gasteiger partial charge in [-0.05, 0) is 50.8 Å². The number of para-hydroxylation sites is 1. The van der Waals surface area contributed by atoms with E-state index >= 15 is 4.79 Å². The number of fused-ring (bicyclic) bond motifs is 13. The molecule has 9 atom stereocenters. The second-order valence-corrected chi connectivity index (χ2v) is 23.8. The van der Waals surface area contributed by atoms with Gasteiger partial charge in [0.2, 0.25) is 11.8 Å². The Labute approximate surface area is 472 Å². The van der Waals surface area contributed by atoms with Crippen molar-refractivity contribution in [2.24, 2.45) is 45.5 Å². The molecule has 2 spiro atoms. The molecule has 7 aliphatic rings. The van der Waals surface area contributed by atoms with Crippen molar-refractivity contribution in [2.45, 2.75) is 130 Å². The van der Waals surface area contributed by atoms with Gasteiger partial charge in [0.25, 0.3) is 11.7 Å². The molecule has 20 nitrogen and oxygen atoms in total. The van der Waals surface area contributed by atoms with Crippen molar-refractivity contribution in [1.29, 1.82) is 0 Å². The molecule has 3 aromatic carbocycles. The van der Waals surface area contributed by atoms with E-state index in [-0.39, 0.29) is 69.5 Å². The lowest BCUT2D eigenvalue weighted by molar-refractivity contribution is -0.164. The number of benzene rings is 3. The molecular formula is C61H79N7O13. The van der Waals surface area contributed by atoms with Gasteiger partial charge < -0.3 is 64.7 Å². The van der Waals surface area contributed by atoms with E-state index in [1.807, 2.05) is 35.2 Å². The largest absolute Gasteiger partial charge is 0.507 e. The van der Waals surface area contributed by atoms with Crippen LogP contribution in [0.5, 0.6) is 17.2 Å². The number of ketones is 1. The number of rotatable bonds is 8. The quantitative estimate of drug-likeness (QED) is 0.0947. The van der Waals surface area contributed by atoms with Crippen molar-refractivity contribution in [3.63, 3.8) is 0 Å². The van der Waals surface area contributed by atoms with Crippen molar-refractivity contribution in [3.05, 3.63) is 88.3 Å². The molecule has 7 heterocycles. The minimum absolute atomic E-state index is 0.0205. The fraction of sp³-hybridized carbons (Fsp3) is 0.557. The first-order chi connectivity index (χ1) is 38.4. The maximum atomic E-state index is 15.1. The molecule has 0 radical (unpaired) electrons. The van der Waals surface area contributed by atoms with Crippen LogP contribution in [0.2, 0.25) is 0 Å². The van der Waals surface area contributed by atoms with Crippen molar-refractivity contribution in [3.8, 4) is 17.2 Å². The molecule has 20 heteroatoms. The fourth-order valence-electron chi connectivity index (χ4n) is 12.8. The predicted octanol–water partition coefficient (Wildman–Crippen LogP) is 5.32. The zero-order valence-corrected chi connectivity index (χ0v) is 48.2. The zero-order valence-electron chi connectivity index (χ0n) is 48.2. The Morgan fingerprint density at radius 1 is 0.877 bits per heavy atom. The summed E-state index contributed by atoms with van der Waals surface area (Å²) in [6.45, 7) is 18.9. The number of hydrogen-bond donors (Lipinski definition) is 6. The number of ether oxygens (including phenoxy) is 4. The second-order valence-electron chi connectivity index (χ2n) is 23.8. The van der Waals surface area contributed by atoms with Gasteiger partial charge in [0.05, 0.1) is 48.4 Å². The Kier molecular flexibility index (Phi) is 16.8. The number of likely N-dealkylation sites (tertiary alicyclic amines) is 2. The number of amides is 3. The van der Waals surface area contributed by atoms with Crippen LogP contribution in [0.25, 0.3) is 10.8 Å². The average Bonchev–Trinajstić information content (AvgIpc) is 3.68. The average molecular weight is 1120 g/mol. The number of carbonyl (C=O) groups excluding carboxylic acids is 5. The van der Waals surface area contributed by atoms with Gasteiger partial charge in [0.15, 0.2) is 5.75 Å². The molecule has 0 aromatic heterocycles. The maximum absolute atomic E-state index is 15.1. The van der Waals surface area contributed by atoms with Crippen LogP contribution in [0.3, 0.4) is 0 Å². The van der Waals surface area contributed by atoms with Crippen molar-refractivity contribution in [1.82, 2.24) is 15.1 Å². The molecule has 3 fully saturated rings. The van der Waals surface area contributed by atoms with Crippen molar-refractivity contribution < 1.29 is 63.3 Å². The summed E-state index contributed by atoms with van der Waals surface area (Å²) in [5.41, 5.74) is -0.247. The van der Waals surface area contributed by atoms with Crippen LogP contribution >= 0.6 is 0 Å². The molecule has 3 aromatic rings. The monoisotopic (exact) mass is 1120 g/mol. The van der Waals surface area contributed by atoms with E-state index in [1.54, 1.807) is 64.7 Å². The number of phenolic OH excluding ortho intramolecular Hbond substituents is 2. The summed E-state index contributed by atoms with van der Waals surface area (Å²) < 4.78 is 24.7. The number of anilines is 2. The minimum Gasteiger partial charge on any atom is -0.507 e. The van der Waals surface area contributed by atoms with Gasteiger partial charge in [-0.1, -0.05) is 78.0 Å². The Morgan fingerprint density at radius 2 is 1.57 bits per heavy atom. The number of Topliss-reactive ketones (excluding diaryl/α,β-unsaturated/α-hetero) is 1. The van der Waals surface area contributed by atoms with Crippen LogP contribution in [0.15, 0.2) is 76.5 Å². The van der Waals surface area contributed by atoms with Gasteiger partial charge in [-0.2, -0.15) is 0 Å². The highest BCUT2D eigenvalue weighted by molar-refractivity contribution is 6.21. The lowest BCUT2D eigenvalue weighted by Crippen LogP contribution is -2.57. The van der Waals surface area contributed by atoms with Gasteiger partial charge in [0, 0.05) is 111 Å². The summed E-state index contributed by atoms with van der Waals surface area (Å²) in [7, 11) is 1.50. The van der Waals surface area contributed by atoms with E-state index in [9.17, 15) is 39.6 Å². The van der Waals surface area contributed by atoms with Crippen LogP contribution in [-0.4, -0.2) is 148 Å². The van der Waals surface area contributed by atoms with Crippen LogP contribution < -0.4 is 31.0 Å². The standard InChI is InChI=1S/C61H79N7O13/c1-33(2)30-66-24-22-61(23-25-66)64-47-44-45-52(73)39(8)55-46(44)56(75)59(9,81-55)79-28-19-40(31-78-10)36(5)54(38(7)51(72)37(6)50(71)34(3)15-14-16-35(4)57(76)63-49(53(45)74)48(47)65-61)80-43(70)29-42(69)67-26-20-60(21-27-67)58(77)62-32-68(60)41-17-12-11-13-18-41/h11-19,28,33-34,36-38,40,50-51,54,64,71-74H,20-27,29-32H2,1-10H3,(H,62,77)/b15-14+,28-19+,35-16-,63-49?/t34-,36+,37+,38+,40?,50-,51+,54+,59-/m0/s1. The summed E-state index contributed by atoms with van der Waals surface area (Å²) in [5, 5.41) is 54.8. The normalized spacial score (nSPS) is 30.0. The highest BCUT2D eigenvalue weighted by Gasteiger charge is 2.53. The van der Waals surface area contributed by atoms with E-state index < -0.39 is 106 Å². The first kappa shape index (κ1) is 58.8. The molecule has 3 saturated heterocycles. The van der Waals surface area contributed by atoms with Crippen LogP contribution in [-0.2, 0) is 33.4 Å². The summed E-state index contributed by atoms with van der Waals surface area (Å²) in [6.07, 6.45) is 5.44. The van der Waals surface area contributed by atoms with E-state index in [1.165, 1.54) is 26.4 Å². The number of esters is 1. The van der Waals surface area contributed by atoms with Gasteiger partial charge >= 0.3 is 11.8 Å². The summed E-state index contributed by atoms with van der Waals surface area (Å²) in [4.78, 5) is 86.2. The van der Waals surface area contributed by atoms with Gasteiger partial charge in [-0.15, -0.1) is 0 Å². The van der Waals surface area contributed by atoms with Crippen LogP contribution in [0.1, 0.15) is 103 Å². The molecule has 6 N–H and O–H groups in total. The maximum Gasteiger partial charge on any atom is 0.315 e. The number of nitrogens with one attached hydrogen (secondary N) is 2. The second kappa shape index (κ2) is 23.2. The van der Waals surface area contributed by atoms with E-state index in [0.717, 1.165) is 12.2 Å². The van der Waals surface area contributed by atoms with E-state index in [2.05, 4.69) is 34.4 Å². The number of piperidine rings is 2. The highest BCUT2D eigenvalue weighted by atomic mass is 16.7. The third kappa shape index (κ3) is 11.0. The first-order valence-electron chi connectivity index (χ1n) is 28.4. The Balaban J connectivity index is 1.05. The Bertz CT molecular complexity index is 3180. The van der Waals surface area contributed by atoms with Crippen LogP contribution in [0.4, 0.5) is 11.4 Å². The number of aliphatic hydroxyl groups is 2. The van der Waals surface area contributed by atoms with Crippen molar-refractivity contribution >= 4 is 51.6 Å². The molecule has 5 bridgehead atoms. The van der Waals surface area contributed by atoms with Crippen molar-refractivity contribution in [2.75, 3.05) is 63.3 Å². The number of methoxy groups -OCH3 is 1. The van der Waals surface area contributed by atoms with Gasteiger partial charge in [-0.3, -0.25) is 29.0 Å². The minimum atomic E-state index is -2.03. The zero-order chi connectivity index (χ0) is 58.5. The molecule has 0 aliphatic carbocycles. The topological polar surface area (TPSA) is 262 Å². The number of nitrogens with zero attached hydrogens (tertiary/aromatic N) is 5. The smallest absolute Gasteiger partial charge is 0.315 e. The number of phenols is 2. The molecular weight excluding hydrogens is 1040 g/mol. The molecule has 81 heavy (non-hydrogen) atoms.